The summed E-state index contributed by atoms with van der Waals surface area (Å²) < 4.78 is 41.6. The number of amides is 1. The number of esters is 1. The number of nitrogens with zero attached hydrogens (tertiary/aromatic N) is 1. The number of rotatable bonds is 7. The van der Waals surface area contributed by atoms with Crippen LogP contribution >= 0.6 is 0 Å². The third-order valence-corrected chi connectivity index (χ3v) is 2.77. The number of carbonyl (C=O) groups excluding carboxylic acids is 2. The van der Waals surface area contributed by atoms with Gasteiger partial charge < -0.3 is 10.1 Å². The molecule has 1 unspecified atom stereocenters. The molecule has 1 amide bonds. The van der Waals surface area contributed by atoms with Gasteiger partial charge in [-0.15, -0.1) is 0 Å². The van der Waals surface area contributed by atoms with Crippen molar-refractivity contribution in [3.8, 4) is 0 Å². The minimum Gasteiger partial charge on any atom is -0.459 e. The molecule has 0 aromatic carbocycles. The van der Waals surface area contributed by atoms with Crippen LogP contribution in [0.25, 0.3) is 0 Å². The van der Waals surface area contributed by atoms with Crippen LogP contribution in [0.1, 0.15) is 25.5 Å². The molecule has 0 saturated carbocycles. The first kappa shape index (κ1) is 18.7. The Hall–Kier alpha value is -2.38. The highest BCUT2D eigenvalue weighted by atomic mass is 19.4. The molecule has 8 heteroatoms. The molecule has 1 heterocycles. The normalized spacial score (nSPS) is 12.9. The summed E-state index contributed by atoms with van der Waals surface area (Å²) in [4.78, 5) is 26.5. The number of aromatic nitrogens is 1. The zero-order valence-electron chi connectivity index (χ0n) is 12.5. The molecule has 0 aliphatic carbocycles. The molecule has 0 aliphatic rings. The van der Waals surface area contributed by atoms with E-state index in [1.165, 1.54) is 12.2 Å². The summed E-state index contributed by atoms with van der Waals surface area (Å²) in [5.74, 6) is -2.62. The van der Waals surface area contributed by atoms with Crippen molar-refractivity contribution in [2.45, 2.75) is 38.6 Å². The van der Waals surface area contributed by atoms with Gasteiger partial charge in [0.15, 0.2) is 0 Å². The van der Waals surface area contributed by atoms with Crippen LogP contribution in [0.3, 0.4) is 0 Å². The lowest BCUT2D eigenvalue weighted by molar-refractivity contribution is -0.174. The average Bonchev–Trinajstić information content (AvgIpc) is 2.51. The quantitative estimate of drug-likeness (QED) is 0.616. The van der Waals surface area contributed by atoms with Gasteiger partial charge in [-0.05, 0) is 25.5 Å². The van der Waals surface area contributed by atoms with Crippen molar-refractivity contribution in [2.75, 3.05) is 0 Å². The van der Waals surface area contributed by atoms with E-state index in [-0.39, 0.29) is 19.4 Å². The highest BCUT2D eigenvalue weighted by molar-refractivity contribution is 5.82. The fourth-order valence-electron chi connectivity index (χ4n) is 1.68. The Bertz CT molecular complexity index is 545. The molecule has 23 heavy (non-hydrogen) atoms. The Balaban J connectivity index is 2.42. The van der Waals surface area contributed by atoms with E-state index in [2.05, 4.69) is 4.98 Å². The van der Waals surface area contributed by atoms with E-state index >= 15 is 0 Å². The number of allylic oxidation sites excluding steroid dienone is 1. The zero-order valence-corrected chi connectivity index (χ0v) is 12.5. The predicted octanol–water partition coefficient (Wildman–Crippen LogP) is 2.53. The molecule has 1 aromatic heterocycles. The van der Waals surface area contributed by atoms with Crippen molar-refractivity contribution in [1.82, 2.24) is 10.3 Å². The molecule has 5 nitrogen and oxygen atoms in total. The maximum atomic E-state index is 12.2. The van der Waals surface area contributed by atoms with Gasteiger partial charge in [0.1, 0.15) is 6.61 Å². The van der Waals surface area contributed by atoms with E-state index in [0.717, 1.165) is 0 Å². The number of ether oxygens (including phenoxy) is 1. The van der Waals surface area contributed by atoms with E-state index in [9.17, 15) is 22.8 Å². The van der Waals surface area contributed by atoms with Crippen molar-refractivity contribution in [1.29, 1.82) is 0 Å². The Labute approximate surface area is 131 Å². The lowest BCUT2D eigenvalue weighted by atomic mass is 10.1. The minimum absolute atomic E-state index is 0.00715. The van der Waals surface area contributed by atoms with E-state index in [0.29, 0.717) is 5.69 Å². The van der Waals surface area contributed by atoms with E-state index < -0.39 is 24.1 Å². The smallest absolute Gasteiger partial charge is 0.459 e. The first-order valence-corrected chi connectivity index (χ1v) is 6.89. The van der Waals surface area contributed by atoms with Gasteiger partial charge in [-0.3, -0.25) is 14.6 Å². The second-order valence-electron chi connectivity index (χ2n) is 4.62. The second kappa shape index (κ2) is 8.92. The van der Waals surface area contributed by atoms with Crippen LogP contribution in [0, 0.1) is 0 Å². The molecule has 0 aliphatic heterocycles. The van der Waals surface area contributed by atoms with Crippen LogP contribution in [-0.4, -0.2) is 29.1 Å². The van der Waals surface area contributed by atoms with Crippen molar-refractivity contribution in [3.63, 3.8) is 0 Å². The summed E-state index contributed by atoms with van der Waals surface area (Å²) in [6.07, 6.45) is -0.638. The number of alkyl halides is 3. The molecule has 1 rings (SSSR count). The third-order valence-electron chi connectivity index (χ3n) is 2.77. The molecular formula is C15H17F3N2O3. The van der Waals surface area contributed by atoms with Crippen LogP contribution < -0.4 is 5.32 Å². The summed E-state index contributed by atoms with van der Waals surface area (Å²) in [7, 11) is 0. The van der Waals surface area contributed by atoms with E-state index in [4.69, 9.17) is 4.74 Å². The molecule has 0 saturated heterocycles. The number of hydrogen-bond acceptors (Lipinski definition) is 4. The largest absolute Gasteiger partial charge is 0.471 e. The van der Waals surface area contributed by atoms with Gasteiger partial charge in [0.2, 0.25) is 0 Å². The number of pyridine rings is 1. The van der Waals surface area contributed by atoms with E-state index in [1.54, 1.807) is 31.3 Å². The van der Waals surface area contributed by atoms with E-state index in [1.807, 2.05) is 5.32 Å². The lowest BCUT2D eigenvalue weighted by Crippen LogP contribution is -2.42. The molecule has 1 N–H and O–H groups in total. The van der Waals surface area contributed by atoms with Crippen LogP contribution in [0.4, 0.5) is 13.2 Å². The van der Waals surface area contributed by atoms with Crippen LogP contribution in [0.15, 0.2) is 36.5 Å². The topological polar surface area (TPSA) is 68.3 Å². The highest BCUT2D eigenvalue weighted by Gasteiger charge is 2.39. The molecule has 0 spiro atoms. The van der Waals surface area contributed by atoms with Gasteiger partial charge in [-0.2, -0.15) is 13.2 Å². The van der Waals surface area contributed by atoms with Crippen LogP contribution in [0.5, 0.6) is 0 Å². The highest BCUT2D eigenvalue weighted by Crippen LogP contribution is 2.15. The lowest BCUT2D eigenvalue weighted by Gasteiger charge is -2.16. The van der Waals surface area contributed by atoms with Crippen molar-refractivity contribution in [3.05, 3.63) is 42.2 Å². The fraction of sp³-hybridized carbons (Fsp3) is 0.400. The summed E-state index contributed by atoms with van der Waals surface area (Å²) >= 11 is 0. The number of hydrogen-bond donors (Lipinski definition) is 1. The van der Waals surface area contributed by atoms with Gasteiger partial charge in [0.05, 0.1) is 5.69 Å². The summed E-state index contributed by atoms with van der Waals surface area (Å²) in [5, 5.41) is 1.82. The van der Waals surface area contributed by atoms with Crippen LogP contribution in [0.2, 0.25) is 0 Å². The average molecular weight is 330 g/mol. The first-order valence-electron chi connectivity index (χ1n) is 6.89. The Kier molecular flexibility index (Phi) is 7.24. The number of nitrogens with one attached hydrogen (secondary N) is 1. The van der Waals surface area contributed by atoms with Gasteiger partial charge in [0, 0.05) is 18.7 Å². The summed E-state index contributed by atoms with van der Waals surface area (Å²) in [6, 6.07) is 4.25. The monoisotopic (exact) mass is 330 g/mol. The molecule has 0 radical (unpaired) electrons. The van der Waals surface area contributed by atoms with Gasteiger partial charge in [0.25, 0.3) is 0 Å². The molecule has 1 aromatic rings. The standard InChI is InChI=1S/C15H17F3N2O3/c1-2-5-11(20-14(22)15(16,17)18)7-8-13(21)23-10-12-6-3-4-9-19-12/h2-6,9,11H,7-8,10H2,1H3,(H,20,22)/b5-2+. The Morgan fingerprint density at radius 2 is 2.13 bits per heavy atom. The van der Waals surface area contributed by atoms with Gasteiger partial charge in [-0.1, -0.05) is 18.2 Å². The van der Waals surface area contributed by atoms with Crippen molar-refractivity contribution in [2.24, 2.45) is 0 Å². The number of halogens is 3. The third kappa shape index (κ3) is 7.44. The maximum Gasteiger partial charge on any atom is 0.471 e. The van der Waals surface area contributed by atoms with Crippen molar-refractivity contribution >= 4 is 11.9 Å². The van der Waals surface area contributed by atoms with Crippen LogP contribution in [-0.2, 0) is 20.9 Å². The summed E-state index contributed by atoms with van der Waals surface area (Å²) in [6.45, 7) is 1.59. The van der Waals surface area contributed by atoms with Gasteiger partial charge >= 0.3 is 18.1 Å². The number of carbonyl (C=O) groups is 2. The Morgan fingerprint density at radius 3 is 2.70 bits per heavy atom. The molecular weight excluding hydrogens is 313 g/mol. The minimum atomic E-state index is -4.96. The first-order chi connectivity index (χ1) is 10.8. The summed E-state index contributed by atoms with van der Waals surface area (Å²) in [5.41, 5.74) is 0.566. The SMILES string of the molecule is C/C=C/C(CCC(=O)OCc1ccccn1)NC(=O)C(F)(F)F. The zero-order chi connectivity index (χ0) is 17.3. The molecule has 0 bridgehead atoms. The Morgan fingerprint density at radius 1 is 1.39 bits per heavy atom. The fourth-order valence-corrected chi connectivity index (χ4v) is 1.68. The maximum absolute atomic E-state index is 12.2. The van der Waals surface area contributed by atoms with Gasteiger partial charge in [-0.25, -0.2) is 0 Å². The van der Waals surface area contributed by atoms with Crippen molar-refractivity contribution < 1.29 is 27.5 Å². The predicted molar refractivity (Wildman–Crippen MR) is 76.1 cm³/mol. The molecule has 1 atom stereocenters. The molecule has 0 fully saturated rings. The molecule has 126 valence electrons. The second-order valence-corrected chi connectivity index (χ2v) is 4.62.